The first-order chi connectivity index (χ1) is 13.8. The Bertz CT molecular complexity index is 910. The topological polar surface area (TPSA) is 78.5 Å². The molecule has 2 aromatic carbocycles. The smallest absolute Gasteiger partial charge is 0.251 e. The van der Waals surface area contributed by atoms with E-state index in [1.54, 1.807) is 19.9 Å². The van der Waals surface area contributed by atoms with Crippen LogP contribution in [0.2, 0.25) is 0 Å². The summed E-state index contributed by atoms with van der Waals surface area (Å²) in [5.41, 5.74) is 2.24. The molecule has 0 fully saturated rings. The Morgan fingerprint density at radius 2 is 1.69 bits per heavy atom. The van der Waals surface area contributed by atoms with Crippen LogP contribution in [-0.4, -0.2) is 45.4 Å². The molecule has 2 rings (SSSR count). The van der Waals surface area contributed by atoms with Gasteiger partial charge in [-0.1, -0.05) is 57.2 Å². The fourth-order valence-corrected chi connectivity index (χ4v) is 4.44. The highest BCUT2D eigenvalue weighted by atomic mass is 32.2. The van der Waals surface area contributed by atoms with Gasteiger partial charge in [-0.3, -0.25) is 9.69 Å². The molecule has 1 atom stereocenters. The first-order valence-electron chi connectivity index (χ1n) is 10.0. The zero-order chi connectivity index (χ0) is 21.4. The fraction of sp³-hybridized carbons (Fsp3) is 0.409. The quantitative estimate of drug-likeness (QED) is 0.623. The Kier molecular flexibility index (Phi) is 8.37. The van der Waals surface area contributed by atoms with Crippen LogP contribution < -0.4 is 10.0 Å². The zero-order valence-corrected chi connectivity index (χ0v) is 18.4. The van der Waals surface area contributed by atoms with Gasteiger partial charge in [0, 0.05) is 18.7 Å². The Labute approximate surface area is 174 Å². The number of likely N-dealkylation sites (N-methyl/N-ethyl adjacent to an activating group) is 1. The second-order valence-corrected chi connectivity index (χ2v) is 8.60. The monoisotopic (exact) mass is 417 g/mol. The second kappa shape index (κ2) is 10.5. The molecule has 0 aliphatic rings. The minimum Gasteiger partial charge on any atom is -0.350 e. The van der Waals surface area contributed by atoms with Gasteiger partial charge in [-0.15, -0.1) is 0 Å². The maximum atomic E-state index is 12.9. The molecule has 0 aliphatic heterocycles. The fourth-order valence-electron chi connectivity index (χ4n) is 3.37. The van der Waals surface area contributed by atoms with Crippen molar-refractivity contribution < 1.29 is 13.2 Å². The Morgan fingerprint density at radius 3 is 2.28 bits per heavy atom. The van der Waals surface area contributed by atoms with Crippen molar-refractivity contribution in [3.63, 3.8) is 0 Å². The van der Waals surface area contributed by atoms with Gasteiger partial charge in [0.1, 0.15) is 0 Å². The van der Waals surface area contributed by atoms with Crippen LogP contribution in [0.25, 0.3) is 0 Å². The van der Waals surface area contributed by atoms with E-state index in [4.69, 9.17) is 0 Å². The lowest BCUT2D eigenvalue weighted by atomic mass is 10.0. The number of hydrogen-bond acceptors (Lipinski definition) is 4. The average Bonchev–Trinajstić information content (AvgIpc) is 2.71. The standard InChI is InChI=1S/C22H31N3O3S/c1-5-24-29(27,28)19-14-13-17(4)20(15-19)22(26)23-16-21(25(6-2)7-3)18-11-9-8-10-12-18/h8-15,21,24H,5-7,16H2,1-4H3,(H,23,26)/t21-/m1/s1. The number of rotatable bonds is 10. The van der Waals surface area contributed by atoms with Gasteiger partial charge < -0.3 is 5.32 Å². The van der Waals surface area contributed by atoms with E-state index < -0.39 is 10.0 Å². The lowest BCUT2D eigenvalue weighted by molar-refractivity contribution is 0.0934. The summed E-state index contributed by atoms with van der Waals surface area (Å²) in [5.74, 6) is -0.274. The van der Waals surface area contributed by atoms with Crippen molar-refractivity contribution in [3.8, 4) is 0 Å². The van der Waals surface area contributed by atoms with Gasteiger partial charge in [0.15, 0.2) is 0 Å². The van der Waals surface area contributed by atoms with E-state index >= 15 is 0 Å². The van der Waals surface area contributed by atoms with Gasteiger partial charge in [0.25, 0.3) is 5.91 Å². The van der Waals surface area contributed by atoms with Crippen LogP contribution in [-0.2, 0) is 10.0 Å². The maximum Gasteiger partial charge on any atom is 0.251 e. The number of carbonyl (C=O) groups is 1. The van der Waals surface area contributed by atoms with Crippen LogP contribution in [0.1, 0.15) is 48.3 Å². The molecule has 1 amide bonds. The van der Waals surface area contributed by atoms with E-state index in [0.29, 0.717) is 18.7 Å². The van der Waals surface area contributed by atoms with Crippen LogP contribution in [0.15, 0.2) is 53.4 Å². The molecule has 6 nitrogen and oxygen atoms in total. The molecule has 0 radical (unpaired) electrons. The highest BCUT2D eigenvalue weighted by Gasteiger charge is 2.21. The van der Waals surface area contributed by atoms with Crippen molar-refractivity contribution in [1.29, 1.82) is 0 Å². The van der Waals surface area contributed by atoms with Crippen LogP contribution in [0.5, 0.6) is 0 Å². The lowest BCUT2D eigenvalue weighted by Crippen LogP contribution is -2.38. The third-order valence-electron chi connectivity index (χ3n) is 4.99. The number of nitrogens with one attached hydrogen (secondary N) is 2. The highest BCUT2D eigenvalue weighted by molar-refractivity contribution is 7.89. The van der Waals surface area contributed by atoms with Gasteiger partial charge in [0.2, 0.25) is 10.0 Å². The molecule has 0 spiro atoms. The van der Waals surface area contributed by atoms with Crippen LogP contribution in [0.3, 0.4) is 0 Å². The van der Waals surface area contributed by atoms with Crippen molar-refractivity contribution in [3.05, 3.63) is 65.2 Å². The number of carbonyl (C=O) groups excluding carboxylic acids is 1. The molecule has 158 valence electrons. The number of benzene rings is 2. The van der Waals surface area contributed by atoms with Gasteiger partial charge in [-0.25, -0.2) is 13.1 Å². The van der Waals surface area contributed by atoms with Crippen molar-refractivity contribution in [2.45, 2.75) is 38.6 Å². The summed E-state index contributed by atoms with van der Waals surface area (Å²) >= 11 is 0. The molecule has 0 saturated carbocycles. The number of amides is 1. The third kappa shape index (κ3) is 5.88. The first-order valence-corrected chi connectivity index (χ1v) is 11.5. The first kappa shape index (κ1) is 23.1. The summed E-state index contributed by atoms with van der Waals surface area (Å²) in [4.78, 5) is 15.3. The minimum atomic E-state index is -3.62. The van der Waals surface area contributed by atoms with E-state index in [1.165, 1.54) is 12.1 Å². The summed E-state index contributed by atoms with van der Waals surface area (Å²) in [7, 11) is -3.62. The van der Waals surface area contributed by atoms with Crippen LogP contribution in [0.4, 0.5) is 0 Å². The molecular weight excluding hydrogens is 386 g/mol. The summed E-state index contributed by atoms with van der Waals surface area (Å²) in [5, 5.41) is 3.00. The van der Waals surface area contributed by atoms with Crippen molar-refractivity contribution in [2.24, 2.45) is 0 Å². The molecule has 0 bridgehead atoms. The highest BCUT2D eigenvalue weighted by Crippen LogP contribution is 2.20. The number of hydrogen-bond donors (Lipinski definition) is 2. The minimum absolute atomic E-state index is 0.0455. The predicted octanol–water partition coefficient (Wildman–Crippen LogP) is 3.11. The van der Waals surface area contributed by atoms with Gasteiger partial charge in [0.05, 0.1) is 10.9 Å². The molecule has 0 heterocycles. The van der Waals surface area contributed by atoms with Crippen molar-refractivity contribution in [2.75, 3.05) is 26.2 Å². The van der Waals surface area contributed by atoms with E-state index in [9.17, 15) is 13.2 Å². The van der Waals surface area contributed by atoms with Gasteiger partial charge in [-0.05, 0) is 43.3 Å². The molecule has 2 N–H and O–H groups in total. The summed E-state index contributed by atoms with van der Waals surface area (Å²) in [6, 6.07) is 14.8. The normalized spacial score (nSPS) is 12.7. The molecule has 29 heavy (non-hydrogen) atoms. The van der Waals surface area contributed by atoms with Gasteiger partial charge in [-0.2, -0.15) is 0 Å². The van der Waals surface area contributed by atoms with E-state index in [-0.39, 0.29) is 16.8 Å². The summed E-state index contributed by atoms with van der Waals surface area (Å²) in [6.07, 6.45) is 0. The maximum absolute atomic E-state index is 12.9. The van der Waals surface area contributed by atoms with E-state index in [0.717, 1.165) is 24.2 Å². The molecule has 0 saturated heterocycles. The molecule has 0 unspecified atom stereocenters. The van der Waals surface area contributed by atoms with E-state index in [2.05, 4.69) is 40.9 Å². The number of aryl methyl sites for hydroxylation is 1. The second-order valence-electron chi connectivity index (χ2n) is 6.84. The largest absolute Gasteiger partial charge is 0.350 e. The molecule has 2 aromatic rings. The molecule has 0 aromatic heterocycles. The third-order valence-corrected chi connectivity index (χ3v) is 6.54. The SMILES string of the molecule is CCNS(=O)(=O)c1ccc(C)c(C(=O)NC[C@H](c2ccccc2)N(CC)CC)c1. The number of nitrogens with zero attached hydrogens (tertiary/aromatic N) is 1. The van der Waals surface area contributed by atoms with Crippen LogP contribution >= 0.6 is 0 Å². The Hall–Kier alpha value is -2.22. The van der Waals surface area contributed by atoms with Crippen LogP contribution in [0, 0.1) is 6.92 Å². The molecule has 0 aliphatic carbocycles. The zero-order valence-electron chi connectivity index (χ0n) is 17.6. The Morgan fingerprint density at radius 1 is 1.03 bits per heavy atom. The van der Waals surface area contributed by atoms with Crippen molar-refractivity contribution >= 4 is 15.9 Å². The van der Waals surface area contributed by atoms with E-state index in [1.807, 2.05) is 18.2 Å². The summed E-state index contributed by atoms with van der Waals surface area (Å²) in [6.45, 7) is 10.2. The molecular formula is C22H31N3O3S. The number of sulfonamides is 1. The summed E-state index contributed by atoms with van der Waals surface area (Å²) < 4.78 is 27.0. The van der Waals surface area contributed by atoms with Crippen molar-refractivity contribution in [1.82, 2.24) is 14.9 Å². The molecule has 7 heteroatoms. The predicted molar refractivity (Wildman–Crippen MR) is 116 cm³/mol. The average molecular weight is 418 g/mol. The Balaban J connectivity index is 2.24. The lowest BCUT2D eigenvalue weighted by Gasteiger charge is -2.30. The van der Waals surface area contributed by atoms with Gasteiger partial charge >= 0.3 is 0 Å².